The molecule has 13 rings (SSSR count). The third kappa shape index (κ3) is 5.58. The van der Waals surface area contributed by atoms with Gasteiger partial charge in [0.2, 0.25) is 0 Å². The zero-order chi connectivity index (χ0) is 44.4. The van der Waals surface area contributed by atoms with Crippen LogP contribution in [-0.4, -0.2) is 0 Å². The van der Waals surface area contributed by atoms with Crippen molar-refractivity contribution in [2.24, 2.45) is 0 Å². The average Bonchev–Trinajstić information content (AvgIpc) is 3.92. The molecule has 4 nitrogen and oxygen atoms in total. The van der Waals surface area contributed by atoms with Crippen molar-refractivity contribution in [2.75, 3.05) is 9.80 Å². The summed E-state index contributed by atoms with van der Waals surface area (Å²) in [5, 5.41) is 9.53. The van der Waals surface area contributed by atoms with E-state index in [0.717, 1.165) is 78.0 Å². The van der Waals surface area contributed by atoms with Crippen molar-refractivity contribution in [3.8, 4) is 11.1 Å². The van der Waals surface area contributed by atoms with Crippen LogP contribution in [0.15, 0.2) is 197 Å². The molecule has 0 unspecified atom stereocenters. The number of anilines is 6. The molecule has 0 fully saturated rings. The smallest absolute Gasteiger partial charge is 0.159 e. The zero-order valence-corrected chi connectivity index (χ0v) is 37.6. The zero-order valence-electron chi connectivity index (χ0n) is 37.6. The summed E-state index contributed by atoms with van der Waals surface area (Å²) in [5.74, 6) is 0. The van der Waals surface area contributed by atoms with E-state index in [2.05, 4.69) is 220 Å². The third-order valence-electron chi connectivity index (χ3n) is 14.4. The Morgan fingerprint density at radius 1 is 0.379 bits per heavy atom. The Morgan fingerprint density at radius 2 is 0.864 bits per heavy atom. The van der Waals surface area contributed by atoms with E-state index in [4.69, 9.17) is 8.83 Å². The van der Waals surface area contributed by atoms with Crippen LogP contribution in [0.25, 0.3) is 76.5 Å². The van der Waals surface area contributed by atoms with Crippen LogP contribution in [0.4, 0.5) is 34.1 Å². The second kappa shape index (κ2) is 14.2. The maximum Gasteiger partial charge on any atom is 0.159 e. The minimum Gasteiger partial charge on any atom is -0.454 e. The minimum absolute atomic E-state index is 0.315. The van der Waals surface area contributed by atoms with E-state index < -0.39 is 0 Å². The molecule has 316 valence electrons. The Labute approximate surface area is 383 Å². The van der Waals surface area contributed by atoms with E-state index in [1.54, 1.807) is 0 Å². The topological polar surface area (TPSA) is 32.8 Å². The average molecular weight is 851 g/mol. The SMILES string of the molecule is Cc1ccc(N(c2ccc3c(c2)C(C)(C)c2cccc4c2c-3c(C)c2ccc(N(c3ccc(C)cc3)c3cccc5c3oc3ccccc35)cc24)c2cccc3c2oc2ccccc23)cc1. The van der Waals surface area contributed by atoms with Gasteiger partial charge in [0.25, 0.3) is 0 Å². The predicted molar refractivity (Wildman–Crippen MR) is 277 cm³/mol. The predicted octanol–water partition coefficient (Wildman–Crippen LogP) is 18.0. The molecular weight excluding hydrogens is 805 g/mol. The molecule has 2 aromatic heterocycles. The number of para-hydroxylation sites is 4. The van der Waals surface area contributed by atoms with Crippen LogP contribution in [0.3, 0.4) is 0 Å². The maximum atomic E-state index is 6.69. The Bertz CT molecular complexity index is 3940. The summed E-state index contributed by atoms with van der Waals surface area (Å²) in [6.07, 6.45) is 0. The quantitative estimate of drug-likeness (QED) is 0.156. The number of furan rings is 2. The monoisotopic (exact) mass is 850 g/mol. The molecular formula is C62H46N2O2. The molecule has 0 aliphatic heterocycles. The van der Waals surface area contributed by atoms with Crippen molar-refractivity contribution in [3.05, 3.63) is 216 Å². The first-order chi connectivity index (χ1) is 32.2. The molecule has 0 saturated carbocycles. The number of aryl methyl sites for hydroxylation is 3. The van der Waals surface area contributed by atoms with Gasteiger partial charge in [0.1, 0.15) is 11.2 Å². The lowest BCUT2D eigenvalue weighted by molar-refractivity contribution is 0.645. The summed E-state index contributed by atoms with van der Waals surface area (Å²) in [6, 6.07) is 68.4. The summed E-state index contributed by atoms with van der Waals surface area (Å²) < 4.78 is 13.4. The molecule has 2 heterocycles. The Balaban J connectivity index is 1.01. The van der Waals surface area contributed by atoms with Crippen molar-refractivity contribution in [3.63, 3.8) is 0 Å². The standard InChI is InChI=1S/C62H46N2O2/c1-37-23-27-40(28-24-37)63(54-19-11-16-48-45-13-6-8-21-56(45)65-60(48)54)42-31-33-44-39(3)58-50-34-32-43(36-53(50)62(4,5)52-18-10-15-47(59(52)58)51(44)35-42)64(41-29-25-38(2)26-30-41)55-20-12-17-49-46-14-7-9-22-57(46)66-61(49)55/h6-36H,1-5H3. The van der Waals surface area contributed by atoms with Crippen molar-refractivity contribution in [1.29, 1.82) is 0 Å². The van der Waals surface area contributed by atoms with Crippen LogP contribution in [0, 0.1) is 20.8 Å². The molecule has 4 heteroatoms. The van der Waals surface area contributed by atoms with Gasteiger partial charge in [-0.05, 0) is 143 Å². The van der Waals surface area contributed by atoms with Gasteiger partial charge < -0.3 is 18.6 Å². The maximum absolute atomic E-state index is 6.69. The fourth-order valence-electron chi connectivity index (χ4n) is 11.1. The first kappa shape index (κ1) is 38.4. The van der Waals surface area contributed by atoms with E-state index in [1.807, 2.05) is 12.1 Å². The highest BCUT2D eigenvalue weighted by Crippen LogP contribution is 2.54. The second-order valence-electron chi connectivity index (χ2n) is 18.7. The highest BCUT2D eigenvalue weighted by atomic mass is 16.3. The molecule has 0 saturated heterocycles. The lowest BCUT2D eigenvalue weighted by Gasteiger charge is -2.37. The molecule has 0 N–H and O–H groups in total. The highest BCUT2D eigenvalue weighted by Gasteiger charge is 2.36. The molecule has 0 amide bonds. The van der Waals surface area contributed by atoms with Crippen LogP contribution in [-0.2, 0) is 5.41 Å². The molecule has 1 aliphatic rings. The van der Waals surface area contributed by atoms with Crippen LogP contribution >= 0.6 is 0 Å². The van der Waals surface area contributed by atoms with Gasteiger partial charge in [0.15, 0.2) is 11.2 Å². The summed E-state index contributed by atoms with van der Waals surface area (Å²) in [6.45, 7) is 11.4. The molecule has 0 radical (unpaired) electrons. The molecule has 12 aromatic rings. The lowest BCUT2D eigenvalue weighted by atomic mass is 9.67. The number of rotatable bonds is 6. The van der Waals surface area contributed by atoms with Gasteiger partial charge in [-0.2, -0.15) is 0 Å². The Morgan fingerprint density at radius 3 is 1.45 bits per heavy atom. The number of nitrogens with zero attached hydrogens (tertiary/aromatic N) is 2. The second-order valence-corrected chi connectivity index (χ2v) is 18.7. The molecule has 10 aromatic carbocycles. The van der Waals surface area contributed by atoms with Gasteiger partial charge in [-0.1, -0.05) is 140 Å². The lowest BCUT2D eigenvalue weighted by Crippen LogP contribution is -2.25. The van der Waals surface area contributed by atoms with E-state index in [1.165, 1.54) is 60.5 Å². The fourth-order valence-corrected chi connectivity index (χ4v) is 11.1. The van der Waals surface area contributed by atoms with E-state index in [9.17, 15) is 0 Å². The Hall–Kier alpha value is -8.08. The number of fused-ring (bicyclic) bond motifs is 10. The van der Waals surface area contributed by atoms with Crippen molar-refractivity contribution >= 4 is 99.5 Å². The molecule has 0 spiro atoms. The molecule has 66 heavy (non-hydrogen) atoms. The van der Waals surface area contributed by atoms with E-state index >= 15 is 0 Å². The first-order valence-electron chi connectivity index (χ1n) is 22.9. The summed E-state index contributed by atoms with van der Waals surface area (Å²) >= 11 is 0. The van der Waals surface area contributed by atoms with Crippen LogP contribution in [0.5, 0.6) is 0 Å². The van der Waals surface area contributed by atoms with E-state index in [0.29, 0.717) is 0 Å². The number of hydrogen-bond acceptors (Lipinski definition) is 4. The van der Waals surface area contributed by atoms with Crippen LogP contribution in [0.1, 0.15) is 41.7 Å². The summed E-state index contributed by atoms with van der Waals surface area (Å²) in [5.41, 5.74) is 18.5. The fraction of sp³-hybridized carbons (Fsp3) is 0.0968. The van der Waals surface area contributed by atoms with E-state index in [-0.39, 0.29) is 5.41 Å². The van der Waals surface area contributed by atoms with Gasteiger partial charge >= 0.3 is 0 Å². The third-order valence-corrected chi connectivity index (χ3v) is 14.4. The van der Waals surface area contributed by atoms with Gasteiger partial charge in [0.05, 0.1) is 11.4 Å². The Kier molecular flexibility index (Phi) is 8.26. The van der Waals surface area contributed by atoms with Gasteiger partial charge in [-0.25, -0.2) is 0 Å². The first-order valence-corrected chi connectivity index (χ1v) is 22.9. The molecule has 0 atom stereocenters. The highest BCUT2D eigenvalue weighted by molar-refractivity contribution is 6.20. The normalized spacial score (nSPS) is 13.0. The molecule has 0 bridgehead atoms. The molecule has 1 aliphatic carbocycles. The van der Waals surface area contributed by atoms with Gasteiger partial charge in [0, 0.05) is 49.7 Å². The van der Waals surface area contributed by atoms with Crippen LogP contribution in [0.2, 0.25) is 0 Å². The van der Waals surface area contributed by atoms with Gasteiger partial charge in [-0.15, -0.1) is 0 Å². The van der Waals surface area contributed by atoms with Gasteiger partial charge in [-0.3, -0.25) is 0 Å². The number of hydrogen-bond donors (Lipinski definition) is 0. The van der Waals surface area contributed by atoms with Crippen molar-refractivity contribution in [1.82, 2.24) is 0 Å². The summed E-state index contributed by atoms with van der Waals surface area (Å²) in [4.78, 5) is 4.73. The largest absolute Gasteiger partial charge is 0.454 e. The van der Waals surface area contributed by atoms with Crippen molar-refractivity contribution in [2.45, 2.75) is 40.0 Å². The summed E-state index contributed by atoms with van der Waals surface area (Å²) in [7, 11) is 0. The van der Waals surface area contributed by atoms with Crippen LogP contribution < -0.4 is 9.80 Å². The van der Waals surface area contributed by atoms with Crippen molar-refractivity contribution < 1.29 is 8.83 Å². The minimum atomic E-state index is -0.315. The number of benzene rings is 10.